The van der Waals surface area contributed by atoms with Crippen LogP contribution < -0.4 is 4.74 Å². The summed E-state index contributed by atoms with van der Waals surface area (Å²) in [6.45, 7) is 2.64. The van der Waals surface area contributed by atoms with Crippen LogP contribution in [0.3, 0.4) is 0 Å². The number of aromatic nitrogens is 2. The first-order valence-electron chi connectivity index (χ1n) is 8.39. The van der Waals surface area contributed by atoms with Crippen molar-refractivity contribution in [1.29, 1.82) is 5.26 Å². The third-order valence-corrected chi connectivity index (χ3v) is 4.83. The number of nitrogens with zero attached hydrogens (tertiary/aromatic N) is 4. The average Bonchev–Trinajstić information content (AvgIpc) is 3.16. The minimum Gasteiger partial charge on any atom is -0.496 e. The van der Waals surface area contributed by atoms with E-state index >= 15 is 0 Å². The van der Waals surface area contributed by atoms with Crippen LogP contribution in [-0.4, -0.2) is 35.2 Å². The van der Waals surface area contributed by atoms with Gasteiger partial charge >= 0.3 is 0 Å². The van der Waals surface area contributed by atoms with Crippen molar-refractivity contribution >= 4 is 0 Å². The van der Waals surface area contributed by atoms with Crippen molar-refractivity contribution in [2.45, 2.75) is 37.6 Å². The zero-order valence-corrected chi connectivity index (χ0v) is 13.7. The number of rotatable bonds is 5. The summed E-state index contributed by atoms with van der Waals surface area (Å²) >= 11 is 0. The Morgan fingerprint density at radius 2 is 2.21 bits per heavy atom. The van der Waals surface area contributed by atoms with Crippen LogP contribution in [0.1, 0.15) is 53.9 Å². The van der Waals surface area contributed by atoms with Crippen molar-refractivity contribution in [3.05, 3.63) is 41.0 Å². The molecule has 1 atom stereocenters. The second-order valence-corrected chi connectivity index (χ2v) is 6.62. The molecule has 24 heavy (non-hydrogen) atoms. The van der Waals surface area contributed by atoms with Crippen LogP contribution in [0.15, 0.2) is 22.7 Å². The van der Waals surface area contributed by atoms with Gasteiger partial charge in [0.05, 0.1) is 24.7 Å². The third kappa shape index (κ3) is 3.00. The number of ether oxygens (including phenoxy) is 1. The molecule has 124 valence electrons. The molecule has 2 aromatic rings. The van der Waals surface area contributed by atoms with Crippen LogP contribution in [0, 0.1) is 11.3 Å². The maximum atomic E-state index is 9.10. The predicted molar refractivity (Wildman–Crippen MR) is 86.6 cm³/mol. The lowest BCUT2D eigenvalue weighted by Gasteiger charge is -2.17. The molecule has 2 heterocycles. The fourth-order valence-corrected chi connectivity index (χ4v) is 3.31. The summed E-state index contributed by atoms with van der Waals surface area (Å²) in [4.78, 5) is 6.94. The molecule has 0 bridgehead atoms. The van der Waals surface area contributed by atoms with Crippen LogP contribution in [0.25, 0.3) is 0 Å². The monoisotopic (exact) mass is 324 g/mol. The first-order chi connectivity index (χ1) is 11.8. The van der Waals surface area contributed by atoms with E-state index in [-0.39, 0.29) is 0 Å². The highest BCUT2D eigenvalue weighted by atomic mass is 16.5. The molecular formula is C18H20N4O2. The molecule has 2 aliphatic rings. The van der Waals surface area contributed by atoms with Crippen LogP contribution in [-0.2, 0) is 6.54 Å². The van der Waals surface area contributed by atoms with Crippen molar-refractivity contribution in [3.63, 3.8) is 0 Å². The Hall–Kier alpha value is -2.39. The van der Waals surface area contributed by atoms with Gasteiger partial charge < -0.3 is 9.26 Å². The molecule has 1 saturated carbocycles. The van der Waals surface area contributed by atoms with Crippen molar-refractivity contribution < 1.29 is 9.26 Å². The highest BCUT2D eigenvalue weighted by molar-refractivity contribution is 5.42. The molecule has 1 aromatic heterocycles. The molecule has 1 aliphatic carbocycles. The Labute approximate surface area is 141 Å². The molecule has 1 aromatic carbocycles. The van der Waals surface area contributed by atoms with Gasteiger partial charge in [-0.25, -0.2) is 0 Å². The topological polar surface area (TPSA) is 75.2 Å². The second kappa shape index (κ2) is 6.25. The molecule has 6 nitrogen and oxygen atoms in total. The lowest BCUT2D eigenvalue weighted by atomic mass is 10.1. The highest BCUT2D eigenvalue weighted by Crippen LogP contribution is 2.39. The normalized spacial score (nSPS) is 20.9. The molecule has 4 rings (SSSR count). The molecule has 2 fully saturated rings. The van der Waals surface area contributed by atoms with Crippen molar-refractivity contribution in [1.82, 2.24) is 15.0 Å². The molecule has 6 heteroatoms. The smallest absolute Gasteiger partial charge is 0.231 e. The molecule has 0 radical (unpaired) electrons. The first-order valence-corrected chi connectivity index (χ1v) is 8.39. The number of methoxy groups -OCH3 is 1. The predicted octanol–water partition coefficient (Wildman–Crippen LogP) is 2.82. The molecule has 0 unspecified atom stereocenters. The van der Waals surface area contributed by atoms with Gasteiger partial charge in [-0.1, -0.05) is 5.16 Å². The van der Waals surface area contributed by atoms with Gasteiger partial charge in [0.15, 0.2) is 5.82 Å². The quantitative estimate of drug-likeness (QED) is 0.842. The summed E-state index contributed by atoms with van der Waals surface area (Å²) in [5, 5.41) is 13.2. The number of likely N-dealkylation sites (tertiary alicyclic amines) is 1. The summed E-state index contributed by atoms with van der Waals surface area (Å²) in [5.74, 6) is 3.31. The Bertz CT molecular complexity index is 776. The van der Waals surface area contributed by atoms with E-state index in [1.54, 1.807) is 13.2 Å². The summed E-state index contributed by atoms with van der Waals surface area (Å²) in [6, 6.07) is 7.74. The lowest BCUT2D eigenvalue weighted by Crippen LogP contribution is -2.20. The van der Waals surface area contributed by atoms with Crippen LogP contribution >= 0.6 is 0 Å². The third-order valence-electron chi connectivity index (χ3n) is 4.83. The van der Waals surface area contributed by atoms with Crippen molar-refractivity contribution in [3.8, 4) is 11.8 Å². The Kier molecular flexibility index (Phi) is 3.95. The van der Waals surface area contributed by atoms with E-state index in [4.69, 9.17) is 14.5 Å². The van der Waals surface area contributed by atoms with Crippen molar-refractivity contribution in [2.75, 3.05) is 20.2 Å². The van der Waals surface area contributed by atoms with Gasteiger partial charge in [-0.2, -0.15) is 10.2 Å². The first kappa shape index (κ1) is 15.2. The fraction of sp³-hybridized carbons (Fsp3) is 0.500. The Morgan fingerprint density at radius 1 is 1.33 bits per heavy atom. The number of nitriles is 1. The molecule has 0 amide bonds. The van der Waals surface area contributed by atoms with E-state index in [9.17, 15) is 0 Å². The van der Waals surface area contributed by atoms with Gasteiger partial charge in [0.25, 0.3) is 0 Å². The van der Waals surface area contributed by atoms with Gasteiger partial charge in [0.1, 0.15) is 5.75 Å². The van der Waals surface area contributed by atoms with Crippen LogP contribution in [0.4, 0.5) is 0 Å². The zero-order valence-electron chi connectivity index (χ0n) is 13.7. The van der Waals surface area contributed by atoms with Crippen molar-refractivity contribution in [2.24, 2.45) is 0 Å². The van der Waals surface area contributed by atoms with Gasteiger partial charge in [-0.15, -0.1) is 0 Å². The largest absolute Gasteiger partial charge is 0.496 e. The summed E-state index contributed by atoms with van der Waals surface area (Å²) in [5.41, 5.74) is 1.70. The highest BCUT2D eigenvalue weighted by Gasteiger charge is 2.33. The van der Waals surface area contributed by atoms with E-state index in [1.807, 2.05) is 12.1 Å². The summed E-state index contributed by atoms with van der Waals surface area (Å²) in [6.07, 6.45) is 3.39. The molecule has 1 aliphatic heterocycles. The number of benzene rings is 1. The second-order valence-electron chi connectivity index (χ2n) is 6.62. The van der Waals surface area contributed by atoms with E-state index in [0.29, 0.717) is 17.4 Å². The SMILES string of the molecule is COc1ccc(C#N)cc1CN1CC[C@@H](c2nc(C3CC3)no2)C1. The van der Waals surface area contributed by atoms with Crippen LogP contribution in [0.2, 0.25) is 0 Å². The zero-order chi connectivity index (χ0) is 16.5. The van der Waals surface area contributed by atoms with Gasteiger partial charge in [0, 0.05) is 24.6 Å². The van der Waals surface area contributed by atoms with Gasteiger partial charge in [-0.05, 0) is 44.0 Å². The van der Waals surface area contributed by atoms with E-state index < -0.39 is 0 Å². The minimum absolute atomic E-state index is 0.301. The standard InChI is InChI=1S/C18H20N4O2/c1-23-16-5-2-12(9-19)8-15(16)11-22-7-6-14(10-22)18-20-17(21-24-18)13-3-4-13/h2,5,8,13-14H,3-4,6-7,10-11H2,1H3/t14-/m1/s1. The lowest BCUT2D eigenvalue weighted by molar-refractivity contribution is 0.302. The molecular weight excluding hydrogens is 304 g/mol. The van der Waals surface area contributed by atoms with Crippen LogP contribution in [0.5, 0.6) is 5.75 Å². The number of hydrogen-bond donors (Lipinski definition) is 0. The minimum atomic E-state index is 0.301. The summed E-state index contributed by atoms with van der Waals surface area (Å²) < 4.78 is 10.9. The van der Waals surface area contributed by atoms with E-state index in [2.05, 4.69) is 21.1 Å². The van der Waals surface area contributed by atoms with Gasteiger partial charge in [0.2, 0.25) is 5.89 Å². The fourth-order valence-electron chi connectivity index (χ4n) is 3.31. The van der Waals surface area contributed by atoms with E-state index in [0.717, 1.165) is 49.1 Å². The Balaban J connectivity index is 1.44. The maximum absolute atomic E-state index is 9.10. The van der Waals surface area contributed by atoms with E-state index in [1.165, 1.54) is 12.8 Å². The Morgan fingerprint density at radius 3 is 2.96 bits per heavy atom. The number of hydrogen-bond acceptors (Lipinski definition) is 6. The average molecular weight is 324 g/mol. The molecule has 0 spiro atoms. The van der Waals surface area contributed by atoms with Gasteiger partial charge in [-0.3, -0.25) is 4.90 Å². The molecule has 0 N–H and O–H groups in total. The molecule has 1 saturated heterocycles. The maximum Gasteiger partial charge on any atom is 0.231 e. The summed E-state index contributed by atoms with van der Waals surface area (Å²) in [7, 11) is 1.66.